The van der Waals surface area contributed by atoms with Gasteiger partial charge in [-0.1, -0.05) is 13.8 Å². The number of nitrogens with zero attached hydrogens (tertiary/aromatic N) is 1. The Kier molecular flexibility index (Phi) is 1.75. The van der Waals surface area contributed by atoms with Crippen LogP contribution in [-0.2, 0) is 0 Å². The Balaban J connectivity index is 2.50. The maximum absolute atomic E-state index is 8.60. The molecule has 0 aromatic rings. The van der Waals surface area contributed by atoms with Gasteiger partial charge in [0, 0.05) is 5.92 Å². The van der Waals surface area contributed by atoms with Crippen LogP contribution in [0.3, 0.4) is 0 Å². The summed E-state index contributed by atoms with van der Waals surface area (Å²) in [5, 5.41) is 8.60. The van der Waals surface area contributed by atoms with E-state index in [2.05, 4.69) is 19.9 Å². The predicted molar refractivity (Wildman–Crippen MR) is 36.7 cm³/mol. The third kappa shape index (κ3) is 1.24. The fraction of sp³-hybridized carbons (Fsp3) is 0.875. The standard InChI is InChI=1S/C8H13N/c1-6-3-7(2)8(4-6)5-9/h6-8H,3-4H2,1-2H3/t6?,7-,8-/m1/s1. The predicted octanol–water partition coefficient (Wildman–Crippen LogP) is 2.19. The molecule has 1 aliphatic rings. The van der Waals surface area contributed by atoms with E-state index in [4.69, 9.17) is 5.26 Å². The Hall–Kier alpha value is -0.510. The monoisotopic (exact) mass is 123 g/mol. The Morgan fingerprint density at radius 3 is 2.22 bits per heavy atom. The van der Waals surface area contributed by atoms with Gasteiger partial charge in [-0.2, -0.15) is 5.26 Å². The second kappa shape index (κ2) is 2.39. The first-order chi connectivity index (χ1) is 4.24. The van der Waals surface area contributed by atoms with Gasteiger partial charge >= 0.3 is 0 Å². The number of hydrogen-bond donors (Lipinski definition) is 0. The zero-order valence-corrected chi connectivity index (χ0v) is 6.09. The van der Waals surface area contributed by atoms with Crippen LogP contribution in [-0.4, -0.2) is 0 Å². The first-order valence-corrected chi connectivity index (χ1v) is 3.63. The topological polar surface area (TPSA) is 23.8 Å². The van der Waals surface area contributed by atoms with Crippen molar-refractivity contribution in [2.24, 2.45) is 17.8 Å². The molecule has 50 valence electrons. The largest absolute Gasteiger partial charge is 0.198 e. The smallest absolute Gasteiger partial charge is 0.0658 e. The molecule has 0 aliphatic heterocycles. The maximum Gasteiger partial charge on any atom is 0.0658 e. The Morgan fingerprint density at radius 1 is 1.33 bits per heavy atom. The van der Waals surface area contributed by atoms with Gasteiger partial charge in [-0.15, -0.1) is 0 Å². The average molecular weight is 123 g/mol. The van der Waals surface area contributed by atoms with Gasteiger partial charge in [-0.3, -0.25) is 0 Å². The third-order valence-corrected chi connectivity index (χ3v) is 2.28. The van der Waals surface area contributed by atoms with Gasteiger partial charge in [0.05, 0.1) is 6.07 Å². The lowest BCUT2D eigenvalue weighted by Crippen LogP contribution is -1.98. The second-order valence-corrected chi connectivity index (χ2v) is 3.29. The van der Waals surface area contributed by atoms with Crippen LogP contribution >= 0.6 is 0 Å². The lowest BCUT2D eigenvalue weighted by atomic mass is 10.0. The fourth-order valence-electron chi connectivity index (χ4n) is 1.74. The Morgan fingerprint density at radius 2 is 2.00 bits per heavy atom. The Labute approximate surface area is 56.7 Å². The molecule has 1 nitrogen and oxygen atoms in total. The summed E-state index contributed by atoms with van der Waals surface area (Å²) < 4.78 is 0. The van der Waals surface area contributed by atoms with E-state index < -0.39 is 0 Å². The van der Waals surface area contributed by atoms with Gasteiger partial charge in [0.2, 0.25) is 0 Å². The summed E-state index contributed by atoms with van der Waals surface area (Å²) in [5.41, 5.74) is 0. The van der Waals surface area contributed by atoms with Crippen molar-refractivity contribution in [3.05, 3.63) is 0 Å². The molecular formula is C8H13N. The number of hydrogen-bond acceptors (Lipinski definition) is 1. The molecule has 1 saturated carbocycles. The molecule has 9 heavy (non-hydrogen) atoms. The van der Waals surface area contributed by atoms with Crippen LogP contribution in [0.4, 0.5) is 0 Å². The minimum Gasteiger partial charge on any atom is -0.198 e. The van der Waals surface area contributed by atoms with Gasteiger partial charge in [0.25, 0.3) is 0 Å². The molecule has 0 saturated heterocycles. The minimum atomic E-state index is 0.347. The molecule has 3 atom stereocenters. The minimum absolute atomic E-state index is 0.347. The molecule has 1 fully saturated rings. The van der Waals surface area contributed by atoms with E-state index in [9.17, 15) is 0 Å². The summed E-state index contributed by atoms with van der Waals surface area (Å²) in [6, 6.07) is 2.34. The molecule has 0 amide bonds. The van der Waals surface area contributed by atoms with Gasteiger partial charge < -0.3 is 0 Å². The SMILES string of the molecule is CC1C[C@@H](C)[C@@H](C#N)C1. The summed E-state index contributed by atoms with van der Waals surface area (Å²) in [6.07, 6.45) is 2.37. The van der Waals surface area contributed by atoms with Crippen LogP contribution in [0.15, 0.2) is 0 Å². The highest BCUT2D eigenvalue weighted by atomic mass is 14.4. The molecule has 0 heterocycles. The second-order valence-electron chi connectivity index (χ2n) is 3.29. The lowest BCUT2D eigenvalue weighted by molar-refractivity contribution is 0.511. The van der Waals surface area contributed by atoms with Crippen LogP contribution in [0.1, 0.15) is 26.7 Å². The van der Waals surface area contributed by atoms with Crippen molar-refractivity contribution in [1.82, 2.24) is 0 Å². The summed E-state index contributed by atoms with van der Waals surface area (Å²) >= 11 is 0. The summed E-state index contributed by atoms with van der Waals surface area (Å²) in [5.74, 6) is 1.77. The van der Waals surface area contributed by atoms with Crippen molar-refractivity contribution in [3.63, 3.8) is 0 Å². The normalized spacial score (nSPS) is 42.6. The molecular weight excluding hydrogens is 110 g/mol. The van der Waals surface area contributed by atoms with Gasteiger partial charge in [-0.05, 0) is 24.7 Å². The van der Waals surface area contributed by atoms with Gasteiger partial charge in [-0.25, -0.2) is 0 Å². The molecule has 0 aromatic carbocycles. The molecule has 0 N–H and O–H groups in total. The summed E-state index contributed by atoms with van der Waals surface area (Å²) in [4.78, 5) is 0. The zero-order chi connectivity index (χ0) is 6.85. The van der Waals surface area contributed by atoms with Crippen molar-refractivity contribution >= 4 is 0 Å². The lowest BCUT2D eigenvalue weighted by Gasteiger charge is -2.02. The van der Waals surface area contributed by atoms with Gasteiger partial charge in [0.15, 0.2) is 0 Å². The zero-order valence-electron chi connectivity index (χ0n) is 6.09. The summed E-state index contributed by atoms with van der Waals surface area (Å²) in [7, 11) is 0. The van der Waals surface area contributed by atoms with Crippen LogP contribution in [0.5, 0.6) is 0 Å². The molecule has 1 heteroatoms. The van der Waals surface area contributed by atoms with E-state index in [-0.39, 0.29) is 0 Å². The number of rotatable bonds is 0. The van der Waals surface area contributed by atoms with E-state index in [0.717, 1.165) is 12.3 Å². The van der Waals surface area contributed by atoms with E-state index in [0.29, 0.717) is 11.8 Å². The highest BCUT2D eigenvalue weighted by Gasteiger charge is 2.27. The molecule has 0 bridgehead atoms. The van der Waals surface area contributed by atoms with Gasteiger partial charge in [0.1, 0.15) is 0 Å². The molecule has 0 spiro atoms. The van der Waals surface area contributed by atoms with E-state index in [1.807, 2.05) is 0 Å². The van der Waals surface area contributed by atoms with Crippen molar-refractivity contribution in [3.8, 4) is 6.07 Å². The first kappa shape index (κ1) is 6.61. The van der Waals surface area contributed by atoms with Crippen molar-refractivity contribution in [1.29, 1.82) is 5.26 Å². The highest BCUT2D eigenvalue weighted by molar-refractivity contribution is 4.92. The maximum atomic E-state index is 8.60. The first-order valence-electron chi connectivity index (χ1n) is 3.63. The molecule has 1 aliphatic carbocycles. The molecule has 0 aromatic heterocycles. The van der Waals surface area contributed by atoms with Crippen LogP contribution in [0.25, 0.3) is 0 Å². The van der Waals surface area contributed by atoms with E-state index in [1.54, 1.807) is 0 Å². The fourth-order valence-corrected chi connectivity index (χ4v) is 1.74. The van der Waals surface area contributed by atoms with Crippen LogP contribution < -0.4 is 0 Å². The molecule has 0 radical (unpaired) electrons. The Bertz CT molecular complexity index is 134. The van der Waals surface area contributed by atoms with Crippen molar-refractivity contribution < 1.29 is 0 Å². The van der Waals surface area contributed by atoms with Crippen LogP contribution in [0, 0.1) is 29.1 Å². The van der Waals surface area contributed by atoms with Crippen molar-refractivity contribution in [2.45, 2.75) is 26.7 Å². The highest BCUT2D eigenvalue weighted by Crippen LogP contribution is 2.34. The van der Waals surface area contributed by atoms with Crippen molar-refractivity contribution in [2.75, 3.05) is 0 Å². The summed E-state index contributed by atoms with van der Waals surface area (Å²) in [6.45, 7) is 4.41. The van der Waals surface area contributed by atoms with Crippen LogP contribution in [0.2, 0.25) is 0 Å². The average Bonchev–Trinajstić information content (AvgIpc) is 2.10. The quantitative estimate of drug-likeness (QED) is 0.484. The van der Waals surface area contributed by atoms with E-state index >= 15 is 0 Å². The van der Waals surface area contributed by atoms with E-state index in [1.165, 1.54) is 6.42 Å². The third-order valence-electron chi connectivity index (χ3n) is 2.28. The molecule has 1 unspecified atom stereocenters. The number of nitriles is 1. The molecule has 1 rings (SSSR count).